The minimum atomic E-state index is -1.07. The molecule has 3 N–H and O–H groups in total. The van der Waals surface area contributed by atoms with Crippen LogP contribution in [0.25, 0.3) is 0 Å². The number of nitrogens with one attached hydrogen (secondary N) is 2. The second-order valence-electron chi connectivity index (χ2n) is 5.98. The van der Waals surface area contributed by atoms with E-state index in [1.54, 1.807) is 12.1 Å². The first-order valence-electron chi connectivity index (χ1n) is 8.15. The number of benzene rings is 1. The number of aryl methyl sites for hydroxylation is 2. The van der Waals surface area contributed by atoms with E-state index < -0.39 is 12.0 Å². The number of hydrogen-bond donors (Lipinski definition) is 3. The molecule has 0 fully saturated rings. The van der Waals surface area contributed by atoms with Gasteiger partial charge >= 0.3 is 5.97 Å². The molecule has 0 bridgehead atoms. The molecule has 1 aromatic carbocycles. The third kappa shape index (κ3) is 6.81. The lowest BCUT2D eigenvalue weighted by molar-refractivity contribution is -0.142. The van der Waals surface area contributed by atoms with E-state index in [1.807, 2.05) is 19.9 Å². The highest BCUT2D eigenvalue weighted by molar-refractivity contribution is 5.84. The Morgan fingerprint density at radius 2 is 1.79 bits per heavy atom. The molecule has 0 saturated carbocycles. The van der Waals surface area contributed by atoms with Gasteiger partial charge in [-0.15, -0.1) is 0 Å². The molecule has 1 rings (SSSR count). The van der Waals surface area contributed by atoms with Crippen molar-refractivity contribution >= 4 is 17.8 Å². The normalized spacial score (nSPS) is 11.6. The zero-order valence-electron chi connectivity index (χ0n) is 14.5. The highest BCUT2D eigenvalue weighted by atomic mass is 16.4. The molecule has 24 heavy (non-hydrogen) atoms. The molecule has 2 amide bonds. The maximum absolute atomic E-state index is 12.0. The fraction of sp³-hybridized carbons (Fsp3) is 0.500. The van der Waals surface area contributed by atoms with Crippen molar-refractivity contribution in [2.75, 3.05) is 6.54 Å². The zero-order chi connectivity index (χ0) is 18.1. The van der Waals surface area contributed by atoms with E-state index in [2.05, 4.69) is 10.6 Å². The Morgan fingerprint density at radius 3 is 2.38 bits per heavy atom. The van der Waals surface area contributed by atoms with Gasteiger partial charge < -0.3 is 15.7 Å². The van der Waals surface area contributed by atoms with Crippen LogP contribution in [-0.4, -0.2) is 29.4 Å². The molecule has 0 aromatic heterocycles. The summed E-state index contributed by atoms with van der Waals surface area (Å²) in [6.45, 7) is 5.92. The van der Waals surface area contributed by atoms with Gasteiger partial charge in [-0.2, -0.15) is 0 Å². The van der Waals surface area contributed by atoms with Crippen molar-refractivity contribution in [3.05, 3.63) is 34.9 Å². The highest BCUT2D eigenvalue weighted by Crippen LogP contribution is 2.18. The first-order chi connectivity index (χ1) is 11.3. The Hall–Kier alpha value is -2.37. The third-order valence-corrected chi connectivity index (χ3v) is 3.87. The fourth-order valence-electron chi connectivity index (χ4n) is 2.32. The molecule has 0 saturated heterocycles. The summed E-state index contributed by atoms with van der Waals surface area (Å²) in [5, 5.41) is 14.6. The summed E-state index contributed by atoms with van der Waals surface area (Å²) in [6.07, 6.45) is 2.53. The largest absolute Gasteiger partial charge is 0.479 e. The molecule has 0 aliphatic heterocycles. The minimum absolute atomic E-state index is 0.0644. The Bertz CT molecular complexity index is 599. The molecule has 6 heteroatoms. The smallest absolute Gasteiger partial charge is 0.330 e. The number of aliphatic carboxylic acids is 1. The first-order valence-corrected chi connectivity index (χ1v) is 8.15. The van der Waals surface area contributed by atoms with Gasteiger partial charge in [0.2, 0.25) is 11.8 Å². The average molecular weight is 334 g/mol. The standard InChI is InChI=1S/C18H26N2O4/c1-12-8-9-15(11-13(12)2)17(18(23)24)20-16(22)7-5-4-6-10-19-14(3)21/h8-9,11,17H,4-7,10H2,1-3H3,(H,19,21)(H,20,22)(H,23,24). The fourth-order valence-corrected chi connectivity index (χ4v) is 2.32. The van der Waals surface area contributed by atoms with Crippen LogP contribution in [0.3, 0.4) is 0 Å². The van der Waals surface area contributed by atoms with Crippen molar-refractivity contribution in [2.24, 2.45) is 0 Å². The Balaban J connectivity index is 2.47. The summed E-state index contributed by atoms with van der Waals surface area (Å²) < 4.78 is 0. The van der Waals surface area contributed by atoms with Crippen LogP contribution in [0.15, 0.2) is 18.2 Å². The molecule has 6 nitrogen and oxygen atoms in total. The number of carbonyl (C=O) groups excluding carboxylic acids is 2. The number of unbranched alkanes of at least 4 members (excludes halogenated alkanes) is 2. The van der Waals surface area contributed by atoms with Gasteiger partial charge in [0, 0.05) is 19.9 Å². The average Bonchev–Trinajstić information content (AvgIpc) is 2.50. The molecule has 1 aromatic rings. The maximum atomic E-state index is 12.0. The molecule has 1 atom stereocenters. The van der Waals surface area contributed by atoms with E-state index in [0.717, 1.165) is 24.0 Å². The molecule has 0 aliphatic carbocycles. The summed E-state index contributed by atoms with van der Waals surface area (Å²) in [7, 11) is 0. The quantitative estimate of drug-likeness (QED) is 0.604. The van der Waals surface area contributed by atoms with Crippen LogP contribution in [0.2, 0.25) is 0 Å². The molecule has 0 spiro atoms. The van der Waals surface area contributed by atoms with Gasteiger partial charge in [-0.25, -0.2) is 4.79 Å². The Labute approximate surface area is 142 Å². The summed E-state index contributed by atoms with van der Waals surface area (Å²) in [6, 6.07) is 4.35. The summed E-state index contributed by atoms with van der Waals surface area (Å²) >= 11 is 0. The van der Waals surface area contributed by atoms with E-state index in [-0.39, 0.29) is 18.2 Å². The van der Waals surface area contributed by atoms with Crippen molar-refractivity contribution in [1.82, 2.24) is 10.6 Å². The van der Waals surface area contributed by atoms with Gasteiger partial charge in [-0.3, -0.25) is 9.59 Å². The molecule has 0 aliphatic rings. The monoisotopic (exact) mass is 334 g/mol. The number of hydrogen-bond acceptors (Lipinski definition) is 3. The zero-order valence-corrected chi connectivity index (χ0v) is 14.5. The summed E-state index contributed by atoms with van der Waals surface area (Å²) in [5.41, 5.74) is 2.64. The van der Waals surface area contributed by atoms with E-state index in [1.165, 1.54) is 6.92 Å². The number of carboxylic acids is 1. The lowest BCUT2D eigenvalue weighted by Gasteiger charge is -2.16. The molecular formula is C18H26N2O4. The SMILES string of the molecule is CC(=O)NCCCCCC(=O)NC(C(=O)O)c1ccc(C)c(C)c1. The predicted molar refractivity (Wildman–Crippen MR) is 91.6 cm³/mol. The maximum Gasteiger partial charge on any atom is 0.330 e. The van der Waals surface area contributed by atoms with Crippen LogP contribution in [-0.2, 0) is 14.4 Å². The lowest BCUT2D eigenvalue weighted by Crippen LogP contribution is -2.33. The number of carboxylic acid groups (broad SMARTS) is 1. The van der Waals surface area contributed by atoms with Crippen LogP contribution in [0, 0.1) is 13.8 Å². The van der Waals surface area contributed by atoms with Crippen molar-refractivity contribution in [1.29, 1.82) is 0 Å². The van der Waals surface area contributed by atoms with E-state index in [0.29, 0.717) is 18.5 Å². The van der Waals surface area contributed by atoms with E-state index in [9.17, 15) is 19.5 Å². The van der Waals surface area contributed by atoms with Crippen molar-refractivity contribution in [2.45, 2.75) is 52.5 Å². The third-order valence-electron chi connectivity index (χ3n) is 3.87. The highest BCUT2D eigenvalue weighted by Gasteiger charge is 2.22. The van der Waals surface area contributed by atoms with Gasteiger partial charge in [0.25, 0.3) is 0 Å². The van der Waals surface area contributed by atoms with Crippen LogP contribution in [0.1, 0.15) is 55.3 Å². The molecule has 1 unspecified atom stereocenters. The predicted octanol–water partition coefficient (Wildman–Crippen LogP) is 2.24. The topological polar surface area (TPSA) is 95.5 Å². The van der Waals surface area contributed by atoms with Crippen molar-refractivity contribution < 1.29 is 19.5 Å². The van der Waals surface area contributed by atoms with Crippen LogP contribution < -0.4 is 10.6 Å². The lowest BCUT2D eigenvalue weighted by atomic mass is 10.0. The van der Waals surface area contributed by atoms with Gasteiger partial charge in [-0.1, -0.05) is 24.6 Å². The van der Waals surface area contributed by atoms with Gasteiger partial charge in [-0.05, 0) is 43.4 Å². The second kappa shape index (κ2) is 9.70. The van der Waals surface area contributed by atoms with Crippen LogP contribution >= 0.6 is 0 Å². The number of amides is 2. The summed E-state index contributed by atoms with van der Waals surface area (Å²) in [5.74, 6) is -1.41. The van der Waals surface area contributed by atoms with Crippen LogP contribution in [0.4, 0.5) is 0 Å². The van der Waals surface area contributed by atoms with E-state index in [4.69, 9.17) is 0 Å². The van der Waals surface area contributed by atoms with Crippen molar-refractivity contribution in [3.63, 3.8) is 0 Å². The molecule has 0 heterocycles. The Kier molecular flexibility index (Phi) is 7.95. The molecule has 0 radical (unpaired) electrons. The number of rotatable bonds is 9. The minimum Gasteiger partial charge on any atom is -0.479 e. The summed E-state index contributed by atoms with van der Waals surface area (Å²) in [4.78, 5) is 34.2. The Morgan fingerprint density at radius 1 is 1.08 bits per heavy atom. The second-order valence-corrected chi connectivity index (χ2v) is 5.98. The first kappa shape index (κ1) is 19.7. The van der Waals surface area contributed by atoms with Crippen LogP contribution in [0.5, 0.6) is 0 Å². The van der Waals surface area contributed by atoms with Crippen molar-refractivity contribution in [3.8, 4) is 0 Å². The number of carbonyl (C=O) groups is 3. The van der Waals surface area contributed by atoms with Gasteiger partial charge in [0.05, 0.1) is 0 Å². The van der Waals surface area contributed by atoms with Gasteiger partial charge in [0.15, 0.2) is 6.04 Å². The van der Waals surface area contributed by atoms with Gasteiger partial charge in [0.1, 0.15) is 0 Å². The molecular weight excluding hydrogens is 308 g/mol. The van der Waals surface area contributed by atoms with E-state index >= 15 is 0 Å². The molecule has 132 valence electrons.